The van der Waals surface area contributed by atoms with E-state index in [-0.39, 0.29) is 27.9 Å². The van der Waals surface area contributed by atoms with Gasteiger partial charge in [0.15, 0.2) is 0 Å². The molecule has 1 aromatic heterocycles. The molecule has 1 aliphatic carbocycles. The Morgan fingerprint density at radius 1 is 0.581 bits per heavy atom. The molecular formula is C35H24F6OSi. The second-order valence-electron chi connectivity index (χ2n) is 11.4. The van der Waals surface area contributed by atoms with Gasteiger partial charge in [-0.1, -0.05) is 116 Å². The summed E-state index contributed by atoms with van der Waals surface area (Å²) in [6.45, 7) is 3.85. The molecule has 0 spiro atoms. The summed E-state index contributed by atoms with van der Waals surface area (Å²) in [6.07, 6.45) is 0. The van der Waals surface area contributed by atoms with Crippen molar-refractivity contribution in [3.05, 3.63) is 131 Å². The number of hydrogen-bond acceptors (Lipinski definition) is 1. The Morgan fingerprint density at radius 2 is 1.12 bits per heavy atom. The van der Waals surface area contributed by atoms with Crippen LogP contribution in [0.5, 0.6) is 0 Å². The summed E-state index contributed by atoms with van der Waals surface area (Å²) < 4.78 is 103. The maximum absolute atomic E-state index is 16.4. The molecule has 1 aliphatic heterocycles. The van der Waals surface area contributed by atoms with E-state index in [1.807, 2.05) is 13.1 Å². The van der Waals surface area contributed by atoms with Crippen molar-refractivity contribution in [2.75, 3.05) is 0 Å². The number of hydrogen-bond donors (Lipinski definition) is 0. The van der Waals surface area contributed by atoms with Gasteiger partial charge in [-0.15, -0.1) is 0 Å². The number of allylic oxidation sites excluding steroid dienone is 3. The van der Waals surface area contributed by atoms with Crippen molar-refractivity contribution in [1.82, 2.24) is 0 Å². The fourth-order valence-corrected chi connectivity index (χ4v) is 10.1. The zero-order valence-corrected chi connectivity index (χ0v) is 24.1. The van der Waals surface area contributed by atoms with Gasteiger partial charge in [-0.05, 0) is 33.1 Å². The van der Waals surface area contributed by atoms with E-state index in [1.165, 1.54) is 18.2 Å². The lowest BCUT2D eigenvalue weighted by Crippen LogP contribution is -2.49. The first-order valence-corrected chi connectivity index (χ1v) is 16.8. The van der Waals surface area contributed by atoms with Crippen LogP contribution in [0.25, 0.3) is 38.6 Å². The molecule has 0 amide bonds. The van der Waals surface area contributed by atoms with Crippen molar-refractivity contribution >= 4 is 40.6 Å². The summed E-state index contributed by atoms with van der Waals surface area (Å²) in [6, 6.07) is 29.5. The minimum Gasteiger partial charge on any atom is -0.455 e. The van der Waals surface area contributed by atoms with Gasteiger partial charge in [-0.2, -0.15) is 26.3 Å². The monoisotopic (exact) mass is 602 g/mol. The third kappa shape index (κ3) is 3.59. The Balaban J connectivity index is 1.71. The molecule has 0 unspecified atom stereocenters. The zero-order chi connectivity index (χ0) is 30.4. The Labute approximate surface area is 244 Å². The summed E-state index contributed by atoms with van der Waals surface area (Å²) in [4.78, 5) is 0. The van der Waals surface area contributed by atoms with Crippen LogP contribution in [-0.4, -0.2) is 25.8 Å². The molecular weight excluding hydrogens is 578 g/mol. The van der Waals surface area contributed by atoms with E-state index in [1.54, 1.807) is 91.0 Å². The molecule has 0 saturated heterocycles. The standard InChI is InChI=1S/C35H24F6OSi/c1-43(2)26-20-12-10-18-24(26)28(32(43)22-15-7-4-8-16-22)30-29(33(36,37)35(40,41)34(30,38)39)27-23-17-9-11-19-25(23)42-31(27)21-13-5-3-6-14-21/h3-20H,1-2H3. The van der Waals surface area contributed by atoms with Crippen LogP contribution < -0.4 is 5.19 Å². The molecule has 0 N–H and O–H groups in total. The van der Waals surface area contributed by atoms with Crippen molar-refractivity contribution in [2.45, 2.75) is 30.9 Å². The summed E-state index contributed by atoms with van der Waals surface area (Å²) in [5, 5.41) is 1.17. The lowest BCUT2D eigenvalue weighted by molar-refractivity contribution is -0.258. The fourth-order valence-electron chi connectivity index (χ4n) is 6.67. The lowest BCUT2D eigenvalue weighted by atomic mass is 9.87. The minimum atomic E-state index is -5.71. The van der Waals surface area contributed by atoms with Crippen LogP contribution in [0.2, 0.25) is 13.1 Å². The average Bonchev–Trinajstić information content (AvgIpc) is 3.51. The minimum absolute atomic E-state index is 0.0478. The highest BCUT2D eigenvalue weighted by Gasteiger charge is 2.81. The van der Waals surface area contributed by atoms with E-state index < -0.39 is 42.6 Å². The molecule has 0 bridgehead atoms. The quantitative estimate of drug-likeness (QED) is 0.147. The van der Waals surface area contributed by atoms with Crippen LogP contribution in [0, 0.1) is 0 Å². The molecule has 7 rings (SSSR count). The number of halogens is 6. The predicted octanol–water partition coefficient (Wildman–Crippen LogP) is 9.85. The molecule has 2 heterocycles. The summed E-state index contributed by atoms with van der Waals surface area (Å²) in [5.41, 5.74) is -2.24. The van der Waals surface area contributed by atoms with E-state index in [9.17, 15) is 0 Å². The van der Waals surface area contributed by atoms with Gasteiger partial charge in [0, 0.05) is 27.7 Å². The Kier molecular flexibility index (Phi) is 5.82. The van der Waals surface area contributed by atoms with Gasteiger partial charge in [0.1, 0.15) is 19.4 Å². The van der Waals surface area contributed by atoms with Crippen LogP contribution in [0.3, 0.4) is 0 Å². The first-order chi connectivity index (χ1) is 20.4. The SMILES string of the molecule is C[Si]1(C)C(c2ccccc2)=C(C2=C(c3c(-c4ccccc4)oc4ccccc34)C(F)(F)C(F)(F)C2(F)F)c2ccccc21. The van der Waals surface area contributed by atoms with E-state index in [0.29, 0.717) is 21.5 Å². The summed E-state index contributed by atoms with van der Waals surface area (Å²) in [7, 11) is -2.86. The van der Waals surface area contributed by atoms with Gasteiger partial charge in [0.25, 0.3) is 0 Å². The van der Waals surface area contributed by atoms with Crippen LogP contribution in [-0.2, 0) is 0 Å². The van der Waals surface area contributed by atoms with Gasteiger partial charge in [-0.25, -0.2) is 0 Å². The maximum Gasteiger partial charge on any atom is 0.380 e. The summed E-state index contributed by atoms with van der Waals surface area (Å²) >= 11 is 0. The number of para-hydroxylation sites is 1. The van der Waals surface area contributed by atoms with Gasteiger partial charge in [0.05, 0.1) is 0 Å². The third-order valence-electron chi connectivity index (χ3n) is 8.61. The molecule has 0 radical (unpaired) electrons. The highest BCUT2D eigenvalue weighted by Crippen LogP contribution is 2.67. The number of fused-ring (bicyclic) bond motifs is 2. The third-order valence-corrected chi connectivity index (χ3v) is 12.2. The van der Waals surface area contributed by atoms with Crippen LogP contribution in [0.4, 0.5) is 26.3 Å². The Bertz CT molecular complexity index is 1970. The summed E-state index contributed by atoms with van der Waals surface area (Å²) in [5.74, 6) is -16.3. The van der Waals surface area contributed by atoms with Crippen LogP contribution >= 0.6 is 0 Å². The molecule has 0 atom stereocenters. The normalized spacial score (nSPS) is 19.7. The molecule has 0 saturated carbocycles. The number of rotatable bonds is 4. The molecule has 5 aromatic rings. The van der Waals surface area contributed by atoms with Crippen LogP contribution in [0.15, 0.2) is 119 Å². The molecule has 4 aromatic carbocycles. The fraction of sp³-hybridized carbons (Fsp3) is 0.143. The Hall–Kier alpha value is -4.30. The second-order valence-corrected chi connectivity index (χ2v) is 15.7. The average molecular weight is 603 g/mol. The molecule has 216 valence electrons. The van der Waals surface area contributed by atoms with E-state index in [4.69, 9.17) is 4.42 Å². The number of furan rings is 1. The van der Waals surface area contributed by atoms with Gasteiger partial charge in [0.2, 0.25) is 0 Å². The lowest BCUT2D eigenvalue weighted by Gasteiger charge is -2.27. The maximum atomic E-state index is 16.4. The van der Waals surface area contributed by atoms with Gasteiger partial charge in [-0.3, -0.25) is 0 Å². The molecule has 8 heteroatoms. The number of alkyl halides is 6. The van der Waals surface area contributed by atoms with Crippen molar-refractivity contribution in [3.63, 3.8) is 0 Å². The molecule has 43 heavy (non-hydrogen) atoms. The van der Waals surface area contributed by atoms with Gasteiger partial charge >= 0.3 is 17.8 Å². The second kappa shape index (κ2) is 9.10. The van der Waals surface area contributed by atoms with E-state index in [0.717, 1.165) is 0 Å². The molecule has 0 fully saturated rings. The Morgan fingerprint density at radius 3 is 1.79 bits per heavy atom. The van der Waals surface area contributed by atoms with Crippen molar-refractivity contribution in [2.24, 2.45) is 0 Å². The van der Waals surface area contributed by atoms with E-state index >= 15 is 26.3 Å². The van der Waals surface area contributed by atoms with Crippen molar-refractivity contribution in [3.8, 4) is 11.3 Å². The molecule has 1 nitrogen and oxygen atoms in total. The highest BCUT2D eigenvalue weighted by atomic mass is 28.3. The molecule has 2 aliphatic rings. The highest BCUT2D eigenvalue weighted by molar-refractivity contribution is 7.08. The number of benzene rings is 4. The first kappa shape index (κ1) is 27.5. The zero-order valence-electron chi connectivity index (χ0n) is 23.1. The smallest absolute Gasteiger partial charge is 0.380 e. The van der Waals surface area contributed by atoms with E-state index in [2.05, 4.69) is 0 Å². The predicted molar refractivity (Wildman–Crippen MR) is 160 cm³/mol. The van der Waals surface area contributed by atoms with Gasteiger partial charge < -0.3 is 4.42 Å². The van der Waals surface area contributed by atoms with Crippen molar-refractivity contribution < 1.29 is 30.8 Å². The van der Waals surface area contributed by atoms with Crippen LogP contribution in [0.1, 0.15) is 16.7 Å². The first-order valence-electron chi connectivity index (χ1n) is 13.8. The van der Waals surface area contributed by atoms with Crippen molar-refractivity contribution in [1.29, 1.82) is 0 Å². The topological polar surface area (TPSA) is 13.1 Å². The largest absolute Gasteiger partial charge is 0.455 e.